The fraction of sp³-hybridized carbons (Fsp3) is 0.207. The maximum atomic E-state index is 13.5. The van der Waals surface area contributed by atoms with Crippen LogP contribution in [0, 0.1) is 6.92 Å². The summed E-state index contributed by atoms with van der Waals surface area (Å²) in [4.78, 5) is 33.1. The van der Waals surface area contributed by atoms with Crippen molar-refractivity contribution >= 4 is 44.1 Å². The number of carbonyl (C=O) groups is 2. The number of hydrogen-bond donors (Lipinski definition) is 1. The third-order valence-corrected chi connectivity index (χ3v) is 7.72. The van der Waals surface area contributed by atoms with Crippen molar-refractivity contribution in [2.24, 2.45) is 0 Å². The van der Waals surface area contributed by atoms with E-state index in [1.807, 2.05) is 49.4 Å². The van der Waals surface area contributed by atoms with Gasteiger partial charge >= 0.3 is 5.91 Å². The molecule has 1 amide bonds. The highest BCUT2D eigenvalue weighted by Gasteiger charge is 2.48. The van der Waals surface area contributed by atoms with Crippen LogP contribution in [0.4, 0.5) is 5.13 Å². The molecule has 0 spiro atoms. The molecule has 6 rings (SSSR count). The summed E-state index contributed by atoms with van der Waals surface area (Å²) in [6, 6.07) is 17.8. The van der Waals surface area contributed by atoms with Crippen molar-refractivity contribution in [3.63, 3.8) is 0 Å². The molecule has 1 atom stereocenters. The number of hydrogen-bond acceptors (Lipinski definition) is 7. The molecule has 37 heavy (non-hydrogen) atoms. The van der Waals surface area contributed by atoms with Crippen LogP contribution in [0.15, 0.2) is 66.2 Å². The van der Waals surface area contributed by atoms with Crippen LogP contribution in [0.25, 0.3) is 16.0 Å². The highest BCUT2D eigenvalue weighted by Crippen LogP contribution is 2.45. The van der Waals surface area contributed by atoms with E-state index in [9.17, 15) is 14.7 Å². The van der Waals surface area contributed by atoms with E-state index in [0.717, 1.165) is 27.8 Å². The van der Waals surface area contributed by atoms with Gasteiger partial charge in [0.05, 0.1) is 21.8 Å². The molecule has 2 aliphatic rings. The number of anilines is 1. The molecule has 0 bridgehead atoms. The summed E-state index contributed by atoms with van der Waals surface area (Å²) in [5.41, 5.74) is 4.06. The van der Waals surface area contributed by atoms with E-state index in [4.69, 9.17) is 9.47 Å². The molecule has 0 aliphatic carbocycles. The zero-order valence-electron chi connectivity index (χ0n) is 20.4. The second kappa shape index (κ2) is 9.05. The molecule has 8 heteroatoms. The predicted molar refractivity (Wildman–Crippen MR) is 142 cm³/mol. The summed E-state index contributed by atoms with van der Waals surface area (Å²) >= 11 is 1.35. The number of Topliss-reactive ketones (excluding diaryl/α,β-unsaturated/α-hetero) is 1. The number of carbonyl (C=O) groups excluding carboxylic acids is 2. The summed E-state index contributed by atoms with van der Waals surface area (Å²) < 4.78 is 12.2. The molecule has 7 nitrogen and oxygen atoms in total. The van der Waals surface area contributed by atoms with Gasteiger partial charge in [-0.1, -0.05) is 48.6 Å². The number of benzene rings is 3. The Morgan fingerprint density at radius 1 is 1.03 bits per heavy atom. The molecule has 1 saturated heterocycles. The minimum atomic E-state index is -0.833. The Hall–Kier alpha value is -4.17. The van der Waals surface area contributed by atoms with Crippen molar-refractivity contribution in [3.8, 4) is 11.5 Å². The fourth-order valence-electron chi connectivity index (χ4n) is 4.75. The molecule has 0 saturated carbocycles. The first-order valence-electron chi connectivity index (χ1n) is 12.1. The van der Waals surface area contributed by atoms with Gasteiger partial charge in [0.2, 0.25) is 0 Å². The number of aromatic nitrogens is 1. The number of ketones is 1. The van der Waals surface area contributed by atoms with Crippen LogP contribution in [0.5, 0.6) is 11.5 Å². The molecule has 2 aliphatic heterocycles. The zero-order valence-corrected chi connectivity index (χ0v) is 21.2. The quantitative estimate of drug-likeness (QED) is 0.219. The van der Waals surface area contributed by atoms with E-state index in [2.05, 4.69) is 11.9 Å². The average molecular weight is 513 g/mol. The molecule has 1 fully saturated rings. The van der Waals surface area contributed by atoms with E-state index in [1.54, 1.807) is 18.2 Å². The summed E-state index contributed by atoms with van der Waals surface area (Å²) in [6.07, 6.45) is 0.856. The van der Waals surface area contributed by atoms with Crippen LogP contribution < -0.4 is 14.4 Å². The maximum Gasteiger partial charge on any atom is 0.301 e. The minimum Gasteiger partial charge on any atom is -0.507 e. The Kier molecular flexibility index (Phi) is 5.68. The van der Waals surface area contributed by atoms with Crippen molar-refractivity contribution in [3.05, 3.63) is 88.5 Å². The first-order chi connectivity index (χ1) is 17.9. The lowest BCUT2D eigenvalue weighted by atomic mass is 9.94. The Morgan fingerprint density at radius 3 is 2.54 bits per heavy atom. The normalized spacial score (nSPS) is 18.5. The number of thiazole rings is 1. The van der Waals surface area contributed by atoms with Gasteiger partial charge in [0.1, 0.15) is 19.0 Å². The highest BCUT2D eigenvalue weighted by molar-refractivity contribution is 7.22. The van der Waals surface area contributed by atoms with Crippen LogP contribution in [-0.2, 0) is 16.0 Å². The number of fused-ring (bicyclic) bond motifs is 2. The van der Waals surface area contributed by atoms with E-state index >= 15 is 0 Å². The number of aliphatic hydroxyl groups excluding tert-OH is 1. The Balaban J connectivity index is 1.53. The molecule has 4 aromatic rings. The lowest BCUT2D eigenvalue weighted by molar-refractivity contribution is -0.132. The van der Waals surface area contributed by atoms with Gasteiger partial charge in [-0.2, -0.15) is 0 Å². The third kappa shape index (κ3) is 3.94. The van der Waals surface area contributed by atoms with Gasteiger partial charge in [0.25, 0.3) is 5.78 Å². The highest BCUT2D eigenvalue weighted by atomic mass is 32.1. The fourth-order valence-corrected chi connectivity index (χ4v) is 5.84. The zero-order chi connectivity index (χ0) is 25.7. The molecule has 1 N–H and O–H groups in total. The Bertz CT molecular complexity index is 1590. The van der Waals surface area contributed by atoms with Crippen molar-refractivity contribution in [2.75, 3.05) is 18.1 Å². The number of ether oxygens (including phenoxy) is 2. The number of amides is 1. The second-order valence-electron chi connectivity index (χ2n) is 9.09. The van der Waals surface area contributed by atoms with Crippen molar-refractivity contribution in [1.29, 1.82) is 0 Å². The van der Waals surface area contributed by atoms with Gasteiger partial charge in [-0.3, -0.25) is 14.5 Å². The Morgan fingerprint density at radius 2 is 1.78 bits per heavy atom. The number of rotatable bonds is 4. The number of aryl methyl sites for hydroxylation is 2. The van der Waals surface area contributed by atoms with E-state index < -0.39 is 17.7 Å². The number of aliphatic hydroxyl groups is 1. The second-order valence-corrected chi connectivity index (χ2v) is 10.1. The Labute approximate surface area is 217 Å². The lowest BCUT2D eigenvalue weighted by Gasteiger charge is -2.23. The molecule has 186 valence electrons. The van der Waals surface area contributed by atoms with E-state index in [0.29, 0.717) is 41.0 Å². The number of nitrogens with zero attached hydrogens (tertiary/aromatic N) is 2. The third-order valence-electron chi connectivity index (χ3n) is 6.70. The molecular weight excluding hydrogens is 488 g/mol. The summed E-state index contributed by atoms with van der Waals surface area (Å²) in [5.74, 6) is -0.694. The smallest absolute Gasteiger partial charge is 0.301 e. The largest absolute Gasteiger partial charge is 0.507 e. The van der Waals surface area contributed by atoms with Gasteiger partial charge in [0.15, 0.2) is 16.6 Å². The molecule has 1 aromatic heterocycles. The van der Waals surface area contributed by atoms with Crippen molar-refractivity contribution in [1.82, 2.24) is 4.98 Å². The SMILES string of the molecule is CCc1ccc([C@@H]2/C(=C(\O)c3ccc4c(c3)OCCO4)C(=O)C(=O)N2c2nc3ccc(C)cc3s2)cc1. The van der Waals surface area contributed by atoms with Crippen LogP contribution in [-0.4, -0.2) is 35.0 Å². The summed E-state index contributed by atoms with van der Waals surface area (Å²) in [6.45, 7) is 4.89. The minimum absolute atomic E-state index is 0.0152. The average Bonchev–Trinajstić information content (AvgIpc) is 3.45. The summed E-state index contributed by atoms with van der Waals surface area (Å²) in [7, 11) is 0. The van der Waals surface area contributed by atoms with Crippen molar-refractivity contribution in [2.45, 2.75) is 26.3 Å². The van der Waals surface area contributed by atoms with Crippen LogP contribution in [0.2, 0.25) is 0 Å². The van der Waals surface area contributed by atoms with Gasteiger partial charge < -0.3 is 14.6 Å². The van der Waals surface area contributed by atoms with Crippen LogP contribution in [0.1, 0.15) is 35.2 Å². The standard InChI is InChI=1S/C29H24N2O5S/c1-3-17-5-7-18(8-6-17)25-24(26(32)19-9-11-21-22(15-19)36-13-12-35-21)27(33)28(34)31(25)29-30-20-10-4-16(2)14-23(20)37-29/h4-11,14-15,25,32H,3,12-13H2,1-2H3/b26-24+/t25-/m1/s1. The van der Waals surface area contributed by atoms with E-state index in [1.165, 1.54) is 16.2 Å². The first kappa shape index (κ1) is 23.2. The van der Waals surface area contributed by atoms with Crippen LogP contribution in [0.3, 0.4) is 0 Å². The monoisotopic (exact) mass is 512 g/mol. The van der Waals surface area contributed by atoms with Crippen LogP contribution >= 0.6 is 11.3 Å². The maximum absolute atomic E-state index is 13.5. The van der Waals surface area contributed by atoms with E-state index in [-0.39, 0.29) is 11.3 Å². The molecule has 3 aromatic carbocycles. The molecule has 3 heterocycles. The van der Waals surface area contributed by atoms with Gasteiger partial charge in [-0.25, -0.2) is 4.98 Å². The topological polar surface area (TPSA) is 89.0 Å². The lowest BCUT2D eigenvalue weighted by Crippen LogP contribution is -2.29. The van der Waals surface area contributed by atoms with Crippen molar-refractivity contribution < 1.29 is 24.2 Å². The molecule has 0 unspecified atom stereocenters. The molecule has 0 radical (unpaired) electrons. The molecular formula is C29H24N2O5S. The van der Waals surface area contributed by atoms with Gasteiger partial charge in [0, 0.05) is 5.56 Å². The van der Waals surface area contributed by atoms with Gasteiger partial charge in [-0.15, -0.1) is 0 Å². The predicted octanol–water partition coefficient (Wildman–Crippen LogP) is 5.56. The summed E-state index contributed by atoms with van der Waals surface area (Å²) in [5, 5.41) is 11.9. The first-order valence-corrected chi connectivity index (χ1v) is 12.9. The van der Waals surface area contributed by atoms with Gasteiger partial charge in [-0.05, 0) is 60.4 Å².